The zero-order chi connectivity index (χ0) is 13.0. The number of hydrogen-bond acceptors (Lipinski definition) is 4. The monoisotopic (exact) mass is 243 g/mol. The molecule has 0 bridgehead atoms. The highest BCUT2D eigenvalue weighted by molar-refractivity contribution is 5.99. The number of esters is 1. The standard InChI is InChI=1S/C14H13NO3/c1-17-13-12(14(16)18-2)11(8-9-15-13)10-6-4-3-5-7-10/h3-9H,1-2H3. The molecule has 4 heteroatoms. The fraction of sp³-hybridized carbons (Fsp3) is 0.143. The van der Waals surface area contributed by atoms with Gasteiger partial charge in [0.2, 0.25) is 5.88 Å². The number of nitrogens with zero attached hydrogens (tertiary/aromatic N) is 1. The SMILES string of the molecule is COC(=O)c1c(-c2ccccc2)ccnc1OC. The number of benzene rings is 1. The van der Waals surface area contributed by atoms with Crippen LogP contribution >= 0.6 is 0 Å². The molecule has 0 saturated heterocycles. The smallest absolute Gasteiger partial charge is 0.344 e. The third-order valence-corrected chi connectivity index (χ3v) is 2.58. The lowest BCUT2D eigenvalue weighted by molar-refractivity contribution is 0.0597. The molecule has 1 aromatic heterocycles. The second kappa shape index (κ2) is 5.31. The van der Waals surface area contributed by atoms with E-state index >= 15 is 0 Å². The molecule has 2 aromatic rings. The number of ether oxygens (including phenoxy) is 2. The van der Waals surface area contributed by atoms with Gasteiger partial charge in [-0.25, -0.2) is 9.78 Å². The zero-order valence-electron chi connectivity index (χ0n) is 10.2. The molecule has 0 radical (unpaired) electrons. The lowest BCUT2D eigenvalue weighted by atomic mass is 10.0. The normalized spacial score (nSPS) is 9.89. The van der Waals surface area contributed by atoms with Crippen LogP contribution in [0.4, 0.5) is 0 Å². The molecule has 4 nitrogen and oxygen atoms in total. The predicted octanol–water partition coefficient (Wildman–Crippen LogP) is 2.54. The molecule has 0 unspecified atom stereocenters. The first-order valence-electron chi connectivity index (χ1n) is 5.44. The van der Waals surface area contributed by atoms with E-state index in [9.17, 15) is 4.79 Å². The lowest BCUT2D eigenvalue weighted by Gasteiger charge is -2.11. The Morgan fingerprint density at radius 2 is 1.83 bits per heavy atom. The summed E-state index contributed by atoms with van der Waals surface area (Å²) in [5.41, 5.74) is 2.00. The third kappa shape index (κ3) is 2.18. The minimum Gasteiger partial charge on any atom is -0.480 e. The Labute approximate surface area is 105 Å². The third-order valence-electron chi connectivity index (χ3n) is 2.58. The fourth-order valence-electron chi connectivity index (χ4n) is 1.75. The van der Waals surface area contributed by atoms with Gasteiger partial charge >= 0.3 is 5.97 Å². The van der Waals surface area contributed by atoms with Gasteiger partial charge in [0.05, 0.1) is 14.2 Å². The summed E-state index contributed by atoms with van der Waals surface area (Å²) in [6.07, 6.45) is 1.60. The maximum Gasteiger partial charge on any atom is 0.344 e. The number of carbonyl (C=O) groups excluding carboxylic acids is 1. The number of methoxy groups -OCH3 is 2. The summed E-state index contributed by atoms with van der Waals surface area (Å²) >= 11 is 0. The molecule has 92 valence electrons. The summed E-state index contributed by atoms with van der Waals surface area (Å²) in [6.45, 7) is 0. The van der Waals surface area contributed by atoms with Gasteiger partial charge in [0, 0.05) is 11.8 Å². The van der Waals surface area contributed by atoms with Crippen LogP contribution in [0.5, 0.6) is 5.88 Å². The van der Waals surface area contributed by atoms with Crippen molar-refractivity contribution < 1.29 is 14.3 Å². The van der Waals surface area contributed by atoms with Crippen LogP contribution in [0.1, 0.15) is 10.4 Å². The van der Waals surface area contributed by atoms with E-state index in [2.05, 4.69) is 4.98 Å². The molecule has 0 amide bonds. The van der Waals surface area contributed by atoms with Gasteiger partial charge in [-0.1, -0.05) is 30.3 Å². The molecule has 0 N–H and O–H groups in total. The van der Waals surface area contributed by atoms with Gasteiger partial charge in [0.1, 0.15) is 5.56 Å². The summed E-state index contributed by atoms with van der Waals surface area (Å²) < 4.78 is 9.90. The van der Waals surface area contributed by atoms with Gasteiger partial charge in [-0.15, -0.1) is 0 Å². The fourth-order valence-corrected chi connectivity index (χ4v) is 1.75. The van der Waals surface area contributed by atoms with Gasteiger partial charge in [0.15, 0.2) is 0 Å². The van der Waals surface area contributed by atoms with Crippen molar-refractivity contribution in [3.05, 3.63) is 48.2 Å². The Kier molecular flexibility index (Phi) is 3.57. The lowest BCUT2D eigenvalue weighted by Crippen LogP contribution is -2.07. The van der Waals surface area contributed by atoms with E-state index < -0.39 is 5.97 Å². The first kappa shape index (κ1) is 12.1. The molecule has 0 spiro atoms. The van der Waals surface area contributed by atoms with Crippen LogP contribution in [-0.2, 0) is 4.74 Å². The summed E-state index contributed by atoms with van der Waals surface area (Å²) in [4.78, 5) is 15.9. The molecule has 0 saturated carbocycles. The average molecular weight is 243 g/mol. The zero-order valence-corrected chi connectivity index (χ0v) is 10.2. The Morgan fingerprint density at radius 3 is 2.44 bits per heavy atom. The van der Waals surface area contributed by atoms with Crippen LogP contribution in [0.15, 0.2) is 42.6 Å². The van der Waals surface area contributed by atoms with Gasteiger partial charge in [0.25, 0.3) is 0 Å². The van der Waals surface area contributed by atoms with Crippen molar-refractivity contribution in [2.24, 2.45) is 0 Å². The first-order chi connectivity index (χ1) is 8.77. The highest BCUT2D eigenvalue weighted by Gasteiger charge is 2.19. The van der Waals surface area contributed by atoms with Gasteiger partial charge in [-0.2, -0.15) is 0 Å². The van der Waals surface area contributed by atoms with E-state index in [1.54, 1.807) is 12.3 Å². The van der Waals surface area contributed by atoms with Crippen molar-refractivity contribution in [1.82, 2.24) is 4.98 Å². The van der Waals surface area contributed by atoms with Gasteiger partial charge in [-0.05, 0) is 11.6 Å². The second-order valence-corrected chi connectivity index (χ2v) is 3.60. The van der Waals surface area contributed by atoms with Crippen molar-refractivity contribution >= 4 is 5.97 Å². The van der Waals surface area contributed by atoms with Crippen molar-refractivity contribution in [3.8, 4) is 17.0 Å². The average Bonchev–Trinajstić information content (AvgIpc) is 2.46. The molecule has 1 heterocycles. The molecule has 2 rings (SSSR count). The summed E-state index contributed by atoms with van der Waals surface area (Å²) in [6, 6.07) is 11.3. The van der Waals surface area contributed by atoms with Crippen LogP contribution < -0.4 is 4.74 Å². The van der Waals surface area contributed by atoms with Gasteiger partial charge in [-0.3, -0.25) is 0 Å². The van der Waals surface area contributed by atoms with E-state index in [1.807, 2.05) is 30.3 Å². The number of rotatable bonds is 3. The molecule has 1 aromatic carbocycles. The Balaban J connectivity index is 2.64. The van der Waals surface area contributed by atoms with Crippen LogP contribution in [0.25, 0.3) is 11.1 Å². The molecule has 18 heavy (non-hydrogen) atoms. The predicted molar refractivity (Wildman–Crippen MR) is 67.6 cm³/mol. The first-order valence-corrected chi connectivity index (χ1v) is 5.44. The van der Waals surface area contributed by atoms with Crippen LogP contribution in [0.3, 0.4) is 0 Å². The topological polar surface area (TPSA) is 48.4 Å². The van der Waals surface area contributed by atoms with Crippen LogP contribution in [0.2, 0.25) is 0 Å². The van der Waals surface area contributed by atoms with E-state index in [0.717, 1.165) is 11.1 Å². The molecule has 0 aliphatic heterocycles. The van der Waals surface area contributed by atoms with Crippen molar-refractivity contribution in [2.75, 3.05) is 14.2 Å². The van der Waals surface area contributed by atoms with Crippen molar-refractivity contribution in [3.63, 3.8) is 0 Å². The molecule has 0 fully saturated rings. The number of hydrogen-bond donors (Lipinski definition) is 0. The molecule has 0 aliphatic carbocycles. The summed E-state index contributed by atoms with van der Waals surface area (Å²) in [7, 11) is 2.81. The molecular weight excluding hydrogens is 230 g/mol. The maximum atomic E-state index is 11.8. The summed E-state index contributed by atoms with van der Waals surface area (Å²) in [5, 5.41) is 0. The Bertz CT molecular complexity index is 552. The molecule has 0 aliphatic rings. The van der Waals surface area contributed by atoms with E-state index in [-0.39, 0.29) is 5.88 Å². The van der Waals surface area contributed by atoms with E-state index in [0.29, 0.717) is 5.56 Å². The van der Waals surface area contributed by atoms with Crippen LogP contribution in [-0.4, -0.2) is 25.2 Å². The highest BCUT2D eigenvalue weighted by Crippen LogP contribution is 2.29. The maximum absolute atomic E-state index is 11.8. The second-order valence-electron chi connectivity index (χ2n) is 3.60. The largest absolute Gasteiger partial charge is 0.480 e. The summed E-state index contributed by atoms with van der Waals surface area (Å²) in [5.74, 6) is -0.193. The Morgan fingerprint density at radius 1 is 1.11 bits per heavy atom. The number of carbonyl (C=O) groups is 1. The molecular formula is C14H13NO3. The van der Waals surface area contributed by atoms with E-state index in [4.69, 9.17) is 9.47 Å². The minimum atomic E-state index is -0.459. The molecule has 0 atom stereocenters. The quantitative estimate of drug-likeness (QED) is 0.777. The van der Waals surface area contributed by atoms with Gasteiger partial charge < -0.3 is 9.47 Å². The van der Waals surface area contributed by atoms with Crippen LogP contribution in [0, 0.1) is 0 Å². The number of aromatic nitrogens is 1. The van der Waals surface area contributed by atoms with E-state index in [1.165, 1.54) is 14.2 Å². The van der Waals surface area contributed by atoms with Crippen molar-refractivity contribution in [1.29, 1.82) is 0 Å². The minimum absolute atomic E-state index is 0.267. The van der Waals surface area contributed by atoms with Crippen molar-refractivity contribution in [2.45, 2.75) is 0 Å². The number of pyridine rings is 1. The highest BCUT2D eigenvalue weighted by atomic mass is 16.5. The Hall–Kier alpha value is -2.36.